The Morgan fingerprint density at radius 1 is 1.38 bits per heavy atom. The van der Waals surface area contributed by atoms with Crippen molar-refractivity contribution in [2.24, 2.45) is 11.7 Å². The van der Waals surface area contributed by atoms with Crippen molar-refractivity contribution in [3.63, 3.8) is 0 Å². The van der Waals surface area contributed by atoms with Gasteiger partial charge in [-0.2, -0.15) is 0 Å². The van der Waals surface area contributed by atoms with Crippen molar-refractivity contribution in [2.45, 2.75) is 51.6 Å². The summed E-state index contributed by atoms with van der Waals surface area (Å²) in [5.74, 6) is 0.412. The summed E-state index contributed by atoms with van der Waals surface area (Å²) in [6.45, 7) is 8.44. The Morgan fingerprint density at radius 2 is 2.10 bits per heavy atom. The first-order valence-electron chi connectivity index (χ1n) is 7.99. The van der Waals surface area contributed by atoms with Crippen molar-refractivity contribution in [3.05, 3.63) is 0 Å². The second-order valence-electron chi connectivity index (χ2n) is 6.63. The zero-order valence-corrected chi connectivity index (χ0v) is 13.4. The smallest absolute Gasteiger partial charge is 0.325 e. The summed E-state index contributed by atoms with van der Waals surface area (Å²) in [5.41, 5.74) is 5.08. The monoisotopic (exact) mass is 296 g/mol. The lowest BCUT2D eigenvalue weighted by atomic mass is 10.0. The number of carbonyl (C=O) groups is 2. The van der Waals surface area contributed by atoms with E-state index in [1.165, 1.54) is 24.2 Å². The van der Waals surface area contributed by atoms with E-state index in [0.717, 1.165) is 19.6 Å². The maximum Gasteiger partial charge on any atom is 0.325 e. The summed E-state index contributed by atoms with van der Waals surface area (Å²) in [6, 6.07) is 0.219. The van der Waals surface area contributed by atoms with Crippen LogP contribution in [0.2, 0.25) is 0 Å². The fourth-order valence-corrected chi connectivity index (χ4v) is 3.58. The number of urea groups is 1. The fraction of sp³-hybridized carbons (Fsp3) is 0.867. The van der Waals surface area contributed by atoms with Crippen molar-refractivity contribution < 1.29 is 9.59 Å². The van der Waals surface area contributed by atoms with Crippen LogP contribution < -0.4 is 11.1 Å². The zero-order chi connectivity index (χ0) is 15.6. The molecule has 6 heteroatoms. The molecular weight excluding hydrogens is 268 g/mol. The van der Waals surface area contributed by atoms with Crippen molar-refractivity contribution >= 4 is 11.9 Å². The number of nitrogens with zero attached hydrogens (tertiary/aromatic N) is 2. The highest BCUT2D eigenvalue weighted by Crippen LogP contribution is 2.29. The number of nitrogens with two attached hydrogens (primary N) is 1. The molecule has 0 aromatic carbocycles. The average molecular weight is 296 g/mol. The molecule has 0 aromatic heterocycles. The molecule has 120 valence electrons. The molecule has 0 radical (unpaired) electrons. The van der Waals surface area contributed by atoms with E-state index in [9.17, 15) is 9.59 Å². The molecule has 2 atom stereocenters. The Bertz CT molecular complexity index is 410. The molecule has 1 saturated carbocycles. The summed E-state index contributed by atoms with van der Waals surface area (Å²) < 4.78 is 0. The van der Waals surface area contributed by atoms with Gasteiger partial charge < -0.3 is 11.1 Å². The van der Waals surface area contributed by atoms with E-state index in [0.29, 0.717) is 18.5 Å². The number of amides is 3. The average Bonchev–Trinajstić information content (AvgIpc) is 2.97. The van der Waals surface area contributed by atoms with E-state index < -0.39 is 5.54 Å². The number of hydrogen-bond acceptors (Lipinski definition) is 4. The SMILES string of the molecule is CCN(CCN1C(=O)NC(C)(C)C1=O)C1CCCC1CN. The molecule has 3 amide bonds. The Hall–Kier alpha value is -1.14. The first-order valence-corrected chi connectivity index (χ1v) is 7.99. The van der Waals surface area contributed by atoms with Crippen LogP contribution in [0.25, 0.3) is 0 Å². The van der Waals surface area contributed by atoms with E-state index in [1.54, 1.807) is 13.8 Å². The number of likely N-dealkylation sites (N-methyl/N-ethyl adjacent to an activating group) is 1. The van der Waals surface area contributed by atoms with Gasteiger partial charge in [-0.05, 0) is 45.7 Å². The Balaban J connectivity index is 1.94. The minimum Gasteiger partial charge on any atom is -0.330 e. The molecule has 0 spiro atoms. The molecule has 2 aliphatic rings. The summed E-state index contributed by atoms with van der Waals surface area (Å²) in [6.07, 6.45) is 3.58. The van der Waals surface area contributed by atoms with Gasteiger partial charge in [-0.3, -0.25) is 14.6 Å². The largest absolute Gasteiger partial charge is 0.330 e. The van der Waals surface area contributed by atoms with Crippen molar-refractivity contribution in [2.75, 3.05) is 26.2 Å². The van der Waals surface area contributed by atoms with Crippen LogP contribution >= 0.6 is 0 Å². The third kappa shape index (κ3) is 3.21. The highest BCUT2D eigenvalue weighted by molar-refractivity contribution is 6.06. The lowest BCUT2D eigenvalue weighted by Gasteiger charge is -2.32. The van der Waals surface area contributed by atoms with E-state index in [4.69, 9.17) is 5.73 Å². The van der Waals surface area contributed by atoms with Gasteiger partial charge in [-0.1, -0.05) is 13.3 Å². The first-order chi connectivity index (χ1) is 9.90. The molecule has 1 aliphatic heterocycles. The standard InChI is InChI=1S/C15H28N4O2/c1-4-18(12-7-5-6-11(12)10-16)8-9-19-13(20)15(2,3)17-14(19)21/h11-12H,4-10,16H2,1-3H3,(H,17,21). The second kappa shape index (κ2) is 6.32. The minimum atomic E-state index is -0.777. The highest BCUT2D eigenvalue weighted by Gasteiger charge is 2.44. The first kappa shape index (κ1) is 16.2. The number of imide groups is 1. The van der Waals surface area contributed by atoms with Gasteiger partial charge in [0, 0.05) is 19.1 Å². The van der Waals surface area contributed by atoms with Crippen molar-refractivity contribution in [1.82, 2.24) is 15.1 Å². The Morgan fingerprint density at radius 3 is 2.62 bits per heavy atom. The van der Waals surface area contributed by atoms with Gasteiger partial charge in [0.2, 0.25) is 0 Å². The van der Waals surface area contributed by atoms with Gasteiger partial charge in [0.25, 0.3) is 5.91 Å². The number of carbonyl (C=O) groups excluding carboxylic acids is 2. The van der Waals surface area contributed by atoms with E-state index in [1.807, 2.05) is 0 Å². The van der Waals surface area contributed by atoms with Crippen LogP contribution in [0.3, 0.4) is 0 Å². The minimum absolute atomic E-state index is 0.134. The molecule has 2 fully saturated rings. The summed E-state index contributed by atoms with van der Waals surface area (Å²) in [4.78, 5) is 27.8. The number of rotatable bonds is 6. The summed E-state index contributed by atoms with van der Waals surface area (Å²) >= 11 is 0. The van der Waals surface area contributed by atoms with E-state index in [2.05, 4.69) is 17.1 Å². The molecule has 1 heterocycles. The van der Waals surface area contributed by atoms with Crippen LogP contribution in [-0.2, 0) is 4.79 Å². The fourth-order valence-electron chi connectivity index (χ4n) is 3.58. The lowest BCUT2D eigenvalue weighted by Crippen LogP contribution is -2.46. The van der Waals surface area contributed by atoms with Crippen LogP contribution in [0.4, 0.5) is 4.79 Å². The van der Waals surface area contributed by atoms with Crippen LogP contribution in [0.15, 0.2) is 0 Å². The molecule has 1 saturated heterocycles. The second-order valence-corrected chi connectivity index (χ2v) is 6.63. The zero-order valence-electron chi connectivity index (χ0n) is 13.4. The molecule has 3 N–H and O–H groups in total. The third-order valence-electron chi connectivity index (χ3n) is 4.85. The van der Waals surface area contributed by atoms with Crippen LogP contribution in [0.5, 0.6) is 0 Å². The molecule has 1 aliphatic carbocycles. The van der Waals surface area contributed by atoms with Gasteiger partial charge in [-0.25, -0.2) is 4.79 Å². The van der Waals surface area contributed by atoms with Crippen molar-refractivity contribution in [3.8, 4) is 0 Å². The van der Waals surface area contributed by atoms with Gasteiger partial charge in [0.1, 0.15) is 5.54 Å². The highest BCUT2D eigenvalue weighted by atomic mass is 16.2. The van der Waals surface area contributed by atoms with E-state index in [-0.39, 0.29) is 11.9 Å². The molecule has 0 bridgehead atoms. The van der Waals surface area contributed by atoms with Gasteiger partial charge in [-0.15, -0.1) is 0 Å². The molecule has 2 rings (SSSR count). The number of hydrogen-bond donors (Lipinski definition) is 2. The van der Waals surface area contributed by atoms with Crippen LogP contribution in [0.1, 0.15) is 40.0 Å². The van der Waals surface area contributed by atoms with Crippen LogP contribution in [0, 0.1) is 5.92 Å². The predicted octanol–water partition coefficient (Wildman–Crippen LogP) is 0.766. The van der Waals surface area contributed by atoms with E-state index >= 15 is 0 Å². The van der Waals surface area contributed by atoms with Crippen LogP contribution in [-0.4, -0.2) is 59.5 Å². The predicted molar refractivity (Wildman–Crippen MR) is 81.8 cm³/mol. The molecule has 0 aromatic rings. The molecule has 21 heavy (non-hydrogen) atoms. The van der Waals surface area contributed by atoms with Gasteiger partial charge in [0.15, 0.2) is 0 Å². The lowest BCUT2D eigenvalue weighted by molar-refractivity contribution is -0.130. The van der Waals surface area contributed by atoms with Crippen molar-refractivity contribution in [1.29, 1.82) is 0 Å². The third-order valence-corrected chi connectivity index (χ3v) is 4.85. The quantitative estimate of drug-likeness (QED) is 0.710. The maximum absolute atomic E-state index is 12.2. The van der Waals surface area contributed by atoms with Gasteiger partial charge in [0.05, 0.1) is 0 Å². The van der Waals surface area contributed by atoms with Gasteiger partial charge >= 0.3 is 6.03 Å². The summed E-state index contributed by atoms with van der Waals surface area (Å²) in [5, 5.41) is 2.72. The topological polar surface area (TPSA) is 78.7 Å². The maximum atomic E-state index is 12.2. The molecule has 2 unspecified atom stereocenters. The molecular formula is C15H28N4O2. The Kier molecular flexibility index (Phi) is 4.88. The Labute approximate surface area is 127 Å². The molecule has 6 nitrogen and oxygen atoms in total. The summed E-state index contributed by atoms with van der Waals surface area (Å²) in [7, 11) is 0. The normalized spacial score (nSPS) is 28.5. The number of nitrogens with one attached hydrogen (secondary N) is 1.